The zero-order valence-electron chi connectivity index (χ0n) is 10.8. The fourth-order valence-electron chi connectivity index (χ4n) is 2.17. The summed E-state index contributed by atoms with van der Waals surface area (Å²) in [6, 6.07) is 20.9. The summed E-state index contributed by atoms with van der Waals surface area (Å²) in [5, 5.41) is 5.10. The van der Waals surface area contributed by atoms with E-state index >= 15 is 0 Å². The number of amides is 1. The topological polar surface area (TPSA) is 55.1 Å². The van der Waals surface area contributed by atoms with E-state index in [0.717, 1.165) is 16.5 Å². The Hall–Kier alpha value is -2.81. The van der Waals surface area contributed by atoms with Crippen LogP contribution in [0.3, 0.4) is 0 Å². The van der Waals surface area contributed by atoms with Crippen molar-refractivity contribution in [2.24, 2.45) is 0 Å². The Kier molecular flexibility index (Phi) is 3.09. The number of carbonyl (C=O) groups excluding carboxylic acids is 1. The van der Waals surface area contributed by atoms with Crippen LogP contribution in [0, 0.1) is 0 Å². The molecule has 0 unspecified atom stereocenters. The van der Waals surface area contributed by atoms with Crippen molar-refractivity contribution in [1.82, 2.24) is 0 Å². The van der Waals surface area contributed by atoms with Crippen molar-refractivity contribution >= 4 is 28.1 Å². The summed E-state index contributed by atoms with van der Waals surface area (Å²) < 4.78 is 0. The average molecular weight is 262 g/mol. The number of nitrogens with one attached hydrogen (secondary N) is 1. The Morgan fingerprint density at radius 3 is 2.35 bits per heavy atom. The third kappa shape index (κ3) is 2.34. The van der Waals surface area contributed by atoms with E-state index in [1.54, 1.807) is 18.2 Å². The van der Waals surface area contributed by atoms with Gasteiger partial charge in [0.1, 0.15) is 0 Å². The Morgan fingerprint density at radius 2 is 1.55 bits per heavy atom. The molecule has 0 spiro atoms. The van der Waals surface area contributed by atoms with Crippen LogP contribution in [0.5, 0.6) is 0 Å². The van der Waals surface area contributed by atoms with Crippen molar-refractivity contribution in [2.75, 3.05) is 11.1 Å². The van der Waals surface area contributed by atoms with Gasteiger partial charge in [-0.15, -0.1) is 0 Å². The van der Waals surface area contributed by atoms with Crippen LogP contribution < -0.4 is 11.1 Å². The Morgan fingerprint density at radius 1 is 0.850 bits per heavy atom. The van der Waals surface area contributed by atoms with E-state index in [4.69, 9.17) is 5.73 Å². The molecule has 0 bridgehead atoms. The zero-order chi connectivity index (χ0) is 13.9. The van der Waals surface area contributed by atoms with E-state index < -0.39 is 0 Å². The third-order valence-corrected chi connectivity index (χ3v) is 3.21. The summed E-state index contributed by atoms with van der Waals surface area (Å²) in [6.07, 6.45) is 0. The van der Waals surface area contributed by atoms with Gasteiger partial charge >= 0.3 is 0 Å². The standard InChI is InChI=1S/C17H14N2O/c18-16-8-4-3-7-15(16)17(20)19-14-10-9-12-5-1-2-6-13(12)11-14/h1-11H,18H2,(H,19,20). The van der Waals surface area contributed by atoms with Crippen molar-refractivity contribution in [2.45, 2.75) is 0 Å². The first-order chi connectivity index (χ1) is 9.74. The van der Waals surface area contributed by atoms with Gasteiger partial charge in [-0.05, 0) is 35.0 Å². The molecule has 3 aromatic rings. The van der Waals surface area contributed by atoms with E-state index in [9.17, 15) is 4.79 Å². The van der Waals surface area contributed by atoms with Crippen molar-refractivity contribution in [3.8, 4) is 0 Å². The van der Waals surface area contributed by atoms with Gasteiger partial charge < -0.3 is 11.1 Å². The molecule has 3 aromatic carbocycles. The Balaban J connectivity index is 1.89. The van der Waals surface area contributed by atoms with Crippen LogP contribution in [-0.4, -0.2) is 5.91 Å². The van der Waals surface area contributed by atoms with Crippen LogP contribution in [0.4, 0.5) is 11.4 Å². The first-order valence-electron chi connectivity index (χ1n) is 6.39. The van der Waals surface area contributed by atoms with Gasteiger partial charge in [-0.3, -0.25) is 4.79 Å². The summed E-state index contributed by atoms with van der Waals surface area (Å²) in [5.74, 6) is -0.196. The molecule has 0 heterocycles. The van der Waals surface area contributed by atoms with Gasteiger partial charge in [-0.1, -0.05) is 42.5 Å². The molecule has 0 radical (unpaired) electrons. The predicted octanol–water partition coefficient (Wildman–Crippen LogP) is 3.67. The maximum absolute atomic E-state index is 12.2. The van der Waals surface area contributed by atoms with E-state index in [1.165, 1.54) is 0 Å². The van der Waals surface area contributed by atoms with Gasteiger partial charge in [0.05, 0.1) is 5.56 Å². The lowest BCUT2D eigenvalue weighted by atomic mass is 10.1. The van der Waals surface area contributed by atoms with Gasteiger partial charge in [-0.2, -0.15) is 0 Å². The highest BCUT2D eigenvalue weighted by Crippen LogP contribution is 2.20. The van der Waals surface area contributed by atoms with Crippen molar-refractivity contribution in [3.63, 3.8) is 0 Å². The molecule has 0 aliphatic rings. The van der Waals surface area contributed by atoms with Crippen LogP contribution in [0.2, 0.25) is 0 Å². The van der Waals surface area contributed by atoms with E-state index in [0.29, 0.717) is 11.3 Å². The van der Waals surface area contributed by atoms with Crippen LogP contribution in [0.1, 0.15) is 10.4 Å². The maximum Gasteiger partial charge on any atom is 0.257 e. The molecule has 0 fully saturated rings. The van der Waals surface area contributed by atoms with E-state index in [1.807, 2.05) is 48.5 Å². The monoisotopic (exact) mass is 262 g/mol. The fraction of sp³-hybridized carbons (Fsp3) is 0. The normalized spacial score (nSPS) is 10.4. The minimum atomic E-state index is -0.196. The molecule has 98 valence electrons. The number of fused-ring (bicyclic) bond motifs is 1. The quantitative estimate of drug-likeness (QED) is 0.692. The lowest BCUT2D eigenvalue weighted by Gasteiger charge is -2.08. The van der Waals surface area contributed by atoms with Crippen molar-refractivity contribution < 1.29 is 4.79 Å². The number of carbonyl (C=O) groups is 1. The van der Waals surface area contributed by atoms with E-state index in [-0.39, 0.29) is 5.91 Å². The maximum atomic E-state index is 12.2. The molecular weight excluding hydrogens is 248 g/mol. The van der Waals surface area contributed by atoms with Gasteiger partial charge in [0.2, 0.25) is 0 Å². The highest BCUT2D eigenvalue weighted by molar-refractivity contribution is 6.08. The molecule has 3 heteroatoms. The zero-order valence-corrected chi connectivity index (χ0v) is 10.8. The molecule has 3 nitrogen and oxygen atoms in total. The lowest BCUT2D eigenvalue weighted by molar-refractivity contribution is 0.102. The highest BCUT2D eigenvalue weighted by Gasteiger charge is 2.09. The van der Waals surface area contributed by atoms with Crippen molar-refractivity contribution in [3.05, 3.63) is 72.3 Å². The number of rotatable bonds is 2. The molecule has 20 heavy (non-hydrogen) atoms. The third-order valence-electron chi connectivity index (χ3n) is 3.21. The Labute approximate surface area is 117 Å². The van der Waals surface area contributed by atoms with Crippen LogP contribution in [0.15, 0.2) is 66.7 Å². The number of nitrogen functional groups attached to an aromatic ring is 1. The number of nitrogens with two attached hydrogens (primary N) is 1. The molecule has 0 aliphatic carbocycles. The SMILES string of the molecule is Nc1ccccc1C(=O)Nc1ccc2ccccc2c1. The van der Waals surface area contributed by atoms with Gasteiger partial charge in [0.25, 0.3) is 5.91 Å². The summed E-state index contributed by atoms with van der Waals surface area (Å²) in [6.45, 7) is 0. The molecule has 0 atom stereocenters. The molecule has 0 aliphatic heterocycles. The number of para-hydroxylation sites is 1. The van der Waals surface area contributed by atoms with Crippen LogP contribution in [0.25, 0.3) is 10.8 Å². The summed E-state index contributed by atoms with van der Waals surface area (Å²) in [7, 11) is 0. The number of hydrogen-bond acceptors (Lipinski definition) is 2. The molecule has 0 saturated carbocycles. The molecule has 0 aromatic heterocycles. The second-order valence-corrected chi connectivity index (χ2v) is 4.60. The molecule has 3 N–H and O–H groups in total. The van der Waals surface area contributed by atoms with Gasteiger partial charge in [0, 0.05) is 11.4 Å². The smallest absolute Gasteiger partial charge is 0.257 e. The highest BCUT2D eigenvalue weighted by atomic mass is 16.1. The van der Waals surface area contributed by atoms with Gasteiger partial charge in [-0.25, -0.2) is 0 Å². The minimum absolute atomic E-state index is 0.196. The lowest BCUT2D eigenvalue weighted by Crippen LogP contribution is -2.13. The van der Waals surface area contributed by atoms with Crippen LogP contribution in [-0.2, 0) is 0 Å². The summed E-state index contributed by atoms with van der Waals surface area (Å²) >= 11 is 0. The largest absolute Gasteiger partial charge is 0.398 e. The van der Waals surface area contributed by atoms with Crippen LogP contribution >= 0.6 is 0 Å². The van der Waals surface area contributed by atoms with E-state index in [2.05, 4.69) is 5.32 Å². The number of benzene rings is 3. The second-order valence-electron chi connectivity index (χ2n) is 4.60. The van der Waals surface area contributed by atoms with Gasteiger partial charge in [0.15, 0.2) is 0 Å². The second kappa shape index (κ2) is 5.05. The predicted molar refractivity (Wildman–Crippen MR) is 82.8 cm³/mol. The molecule has 3 rings (SSSR count). The van der Waals surface area contributed by atoms with Crippen molar-refractivity contribution in [1.29, 1.82) is 0 Å². The Bertz CT molecular complexity index is 781. The average Bonchev–Trinajstić information content (AvgIpc) is 2.47. The molecule has 1 amide bonds. The summed E-state index contributed by atoms with van der Waals surface area (Å²) in [5.41, 5.74) is 7.53. The molecule has 0 saturated heterocycles. The fourth-order valence-corrected chi connectivity index (χ4v) is 2.17. The molecular formula is C17H14N2O. The summed E-state index contributed by atoms with van der Waals surface area (Å²) in [4.78, 5) is 12.2. The number of anilines is 2. The first-order valence-corrected chi connectivity index (χ1v) is 6.39. The minimum Gasteiger partial charge on any atom is -0.398 e. The first kappa shape index (κ1) is 12.2. The number of hydrogen-bond donors (Lipinski definition) is 2.